The van der Waals surface area contributed by atoms with Crippen LogP contribution in [-0.4, -0.2) is 11.0 Å². The first kappa shape index (κ1) is 10.6. The predicted octanol–water partition coefficient (Wildman–Crippen LogP) is 2.87. The molecule has 1 aliphatic carbocycles. The molecule has 1 saturated carbocycles. The van der Waals surface area contributed by atoms with E-state index in [2.05, 4.69) is 0 Å². The number of halogens is 2. The minimum absolute atomic E-state index is 0.244. The summed E-state index contributed by atoms with van der Waals surface area (Å²) >= 11 is 0. The third kappa shape index (κ3) is 2.53. The standard InChI is InChI=1S/C12H14F2O/c1-11(13,14)8-9-2-4-10(5-3-9)12(15)6-7-12/h2-5,15H,6-8H2,1H3. The molecule has 0 heterocycles. The molecule has 1 N–H and O–H groups in total. The molecule has 0 amide bonds. The monoisotopic (exact) mass is 212 g/mol. The molecule has 2 rings (SSSR count). The molecule has 0 radical (unpaired) electrons. The van der Waals surface area contributed by atoms with Crippen molar-refractivity contribution in [1.29, 1.82) is 0 Å². The number of hydrogen-bond donors (Lipinski definition) is 1. The molecule has 0 bridgehead atoms. The second kappa shape index (κ2) is 3.27. The second-order valence-electron chi connectivity index (χ2n) is 4.48. The van der Waals surface area contributed by atoms with Crippen molar-refractivity contribution in [2.24, 2.45) is 0 Å². The van der Waals surface area contributed by atoms with Crippen LogP contribution in [0.2, 0.25) is 0 Å². The number of benzene rings is 1. The molecule has 0 saturated heterocycles. The molecule has 1 aromatic rings. The highest BCUT2D eigenvalue weighted by atomic mass is 19.3. The van der Waals surface area contributed by atoms with Gasteiger partial charge in [0.25, 0.3) is 0 Å². The van der Waals surface area contributed by atoms with Crippen molar-refractivity contribution in [1.82, 2.24) is 0 Å². The first-order valence-corrected chi connectivity index (χ1v) is 5.09. The zero-order valence-electron chi connectivity index (χ0n) is 8.63. The lowest BCUT2D eigenvalue weighted by Crippen LogP contribution is -2.13. The van der Waals surface area contributed by atoms with Gasteiger partial charge in [0.05, 0.1) is 5.60 Å². The topological polar surface area (TPSA) is 20.2 Å². The summed E-state index contributed by atoms with van der Waals surface area (Å²) in [7, 11) is 0. The highest BCUT2D eigenvalue weighted by Crippen LogP contribution is 2.45. The Bertz CT molecular complexity index is 347. The first-order valence-electron chi connectivity index (χ1n) is 5.09. The van der Waals surface area contributed by atoms with Crippen molar-refractivity contribution in [3.8, 4) is 0 Å². The zero-order chi connectivity index (χ0) is 11.1. The van der Waals surface area contributed by atoms with E-state index in [1.807, 2.05) is 0 Å². The van der Waals surface area contributed by atoms with Crippen LogP contribution in [0.1, 0.15) is 30.9 Å². The van der Waals surface area contributed by atoms with Crippen molar-refractivity contribution in [2.75, 3.05) is 0 Å². The Morgan fingerprint density at radius 1 is 1.27 bits per heavy atom. The van der Waals surface area contributed by atoms with Crippen LogP contribution in [0.25, 0.3) is 0 Å². The Morgan fingerprint density at radius 3 is 2.20 bits per heavy atom. The maximum atomic E-state index is 12.7. The first-order chi connectivity index (χ1) is 6.89. The molecule has 1 aromatic carbocycles. The Kier molecular flexibility index (Phi) is 2.30. The van der Waals surface area contributed by atoms with Crippen molar-refractivity contribution >= 4 is 0 Å². The maximum Gasteiger partial charge on any atom is 0.249 e. The molecular formula is C12H14F2O. The van der Waals surface area contributed by atoms with Crippen molar-refractivity contribution in [3.05, 3.63) is 35.4 Å². The third-order valence-electron chi connectivity index (χ3n) is 2.73. The third-order valence-corrected chi connectivity index (χ3v) is 2.73. The number of hydrogen-bond acceptors (Lipinski definition) is 1. The van der Waals surface area contributed by atoms with Crippen LogP contribution >= 0.6 is 0 Å². The SMILES string of the molecule is CC(F)(F)Cc1ccc(C2(O)CC2)cc1. The minimum Gasteiger partial charge on any atom is -0.385 e. The molecule has 1 nitrogen and oxygen atoms in total. The molecule has 3 heteroatoms. The largest absolute Gasteiger partial charge is 0.385 e. The number of aliphatic hydroxyl groups is 1. The van der Waals surface area contributed by atoms with Gasteiger partial charge in [-0.1, -0.05) is 24.3 Å². The summed E-state index contributed by atoms with van der Waals surface area (Å²) in [6.07, 6.45) is 1.30. The fourth-order valence-corrected chi connectivity index (χ4v) is 1.70. The molecule has 0 atom stereocenters. The predicted molar refractivity (Wildman–Crippen MR) is 53.9 cm³/mol. The van der Waals surface area contributed by atoms with Gasteiger partial charge in [0.1, 0.15) is 0 Å². The van der Waals surface area contributed by atoms with Crippen LogP contribution in [0.3, 0.4) is 0 Å². The molecule has 0 aromatic heterocycles. The summed E-state index contributed by atoms with van der Waals surface area (Å²) in [6, 6.07) is 6.83. The van der Waals surface area contributed by atoms with E-state index in [1.54, 1.807) is 24.3 Å². The number of alkyl halides is 2. The normalized spacial score (nSPS) is 18.9. The van der Waals surface area contributed by atoms with Crippen LogP contribution in [0, 0.1) is 0 Å². The fraction of sp³-hybridized carbons (Fsp3) is 0.500. The van der Waals surface area contributed by atoms with Gasteiger partial charge in [0, 0.05) is 6.42 Å². The van der Waals surface area contributed by atoms with E-state index in [-0.39, 0.29) is 6.42 Å². The van der Waals surface area contributed by atoms with Gasteiger partial charge in [-0.15, -0.1) is 0 Å². The van der Waals surface area contributed by atoms with Gasteiger partial charge in [-0.25, -0.2) is 8.78 Å². The average Bonchev–Trinajstić information content (AvgIpc) is 2.83. The molecule has 1 aliphatic rings. The quantitative estimate of drug-likeness (QED) is 0.816. The van der Waals surface area contributed by atoms with E-state index < -0.39 is 11.5 Å². The van der Waals surface area contributed by atoms with Crippen LogP contribution < -0.4 is 0 Å². The highest BCUT2D eigenvalue weighted by molar-refractivity contribution is 5.31. The van der Waals surface area contributed by atoms with E-state index in [0.29, 0.717) is 5.56 Å². The molecule has 0 unspecified atom stereocenters. The van der Waals surface area contributed by atoms with Gasteiger partial charge in [0.15, 0.2) is 0 Å². The molecule has 0 spiro atoms. The van der Waals surface area contributed by atoms with Crippen LogP contribution in [-0.2, 0) is 12.0 Å². The van der Waals surface area contributed by atoms with E-state index in [1.165, 1.54) is 0 Å². The average molecular weight is 212 g/mol. The van der Waals surface area contributed by atoms with Gasteiger partial charge < -0.3 is 5.11 Å². The molecular weight excluding hydrogens is 198 g/mol. The Morgan fingerprint density at radius 2 is 1.80 bits per heavy atom. The summed E-state index contributed by atoms with van der Waals surface area (Å²) in [5.41, 5.74) is 0.772. The summed E-state index contributed by atoms with van der Waals surface area (Å²) in [5.74, 6) is -2.67. The summed E-state index contributed by atoms with van der Waals surface area (Å²) in [5, 5.41) is 9.78. The van der Waals surface area contributed by atoms with Crippen molar-refractivity contribution < 1.29 is 13.9 Å². The van der Waals surface area contributed by atoms with E-state index in [0.717, 1.165) is 25.3 Å². The van der Waals surface area contributed by atoms with Crippen LogP contribution in [0.5, 0.6) is 0 Å². The molecule has 82 valence electrons. The Hall–Kier alpha value is -0.960. The Balaban J connectivity index is 2.11. The lowest BCUT2D eigenvalue weighted by Gasteiger charge is -2.12. The smallest absolute Gasteiger partial charge is 0.249 e. The fourth-order valence-electron chi connectivity index (χ4n) is 1.70. The van der Waals surface area contributed by atoms with Gasteiger partial charge in [-0.2, -0.15) is 0 Å². The van der Waals surface area contributed by atoms with E-state index >= 15 is 0 Å². The molecule has 0 aliphatic heterocycles. The Labute approximate surface area is 87.7 Å². The van der Waals surface area contributed by atoms with Crippen molar-refractivity contribution in [2.45, 2.75) is 37.7 Å². The molecule has 15 heavy (non-hydrogen) atoms. The lowest BCUT2D eigenvalue weighted by atomic mass is 10.0. The maximum absolute atomic E-state index is 12.7. The van der Waals surface area contributed by atoms with E-state index in [9.17, 15) is 13.9 Å². The van der Waals surface area contributed by atoms with Crippen LogP contribution in [0.4, 0.5) is 8.78 Å². The summed E-state index contributed by atoms with van der Waals surface area (Å²) < 4.78 is 25.4. The highest BCUT2D eigenvalue weighted by Gasteiger charge is 2.41. The van der Waals surface area contributed by atoms with Gasteiger partial charge in [-0.3, -0.25) is 0 Å². The summed E-state index contributed by atoms with van der Waals surface area (Å²) in [4.78, 5) is 0. The lowest BCUT2D eigenvalue weighted by molar-refractivity contribution is 0.0226. The molecule has 1 fully saturated rings. The summed E-state index contributed by atoms with van der Waals surface area (Å²) in [6.45, 7) is 0.912. The van der Waals surface area contributed by atoms with Crippen molar-refractivity contribution in [3.63, 3.8) is 0 Å². The zero-order valence-corrected chi connectivity index (χ0v) is 8.63. The van der Waals surface area contributed by atoms with Gasteiger partial charge >= 0.3 is 0 Å². The number of rotatable bonds is 3. The minimum atomic E-state index is -2.67. The van der Waals surface area contributed by atoms with Crippen LogP contribution in [0.15, 0.2) is 24.3 Å². The second-order valence-corrected chi connectivity index (χ2v) is 4.48. The van der Waals surface area contributed by atoms with E-state index in [4.69, 9.17) is 0 Å². The van der Waals surface area contributed by atoms with Gasteiger partial charge in [0.2, 0.25) is 5.92 Å². The van der Waals surface area contributed by atoms with Gasteiger partial charge in [-0.05, 0) is 30.9 Å².